The van der Waals surface area contributed by atoms with Crippen LogP contribution < -0.4 is 5.73 Å². The predicted octanol–water partition coefficient (Wildman–Crippen LogP) is 1.48. The summed E-state index contributed by atoms with van der Waals surface area (Å²) in [5, 5.41) is 0. The van der Waals surface area contributed by atoms with Gasteiger partial charge in [-0.15, -0.1) is 0 Å². The van der Waals surface area contributed by atoms with E-state index >= 15 is 0 Å². The lowest BCUT2D eigenvalue weighted by molar-refractivity contribution is 0.0919. The lowest BCUT2D eigenvalue weighted by atomic mass is 10.2. The Morgan fingerprint density at radius 2 is 2.00 bits per heavy atom. The molecule has 1 aromatic rings. The van der Waals surface area contributed by atoms with Gasteiger partial charge in [0, 0.05) is 26.7 Å². The highest BCUT2D eigenvalue weighted by atomic mass is 16.5. The standard InChI is InChI=1S/C13H22N2O/c1-15(9-8-13(10-14)16-2)11-12-6-4-3-5-7-12/h3-7,13H,8-11,14H2,1-2H3. The Bertz CT molecular complexity index is 273. The maximum absolute atomic E-state index is 5.58. The predicted molar refractivity (Wildman–Crippen MR) is 67.2 cm³/mol. The van der Waals surface area contributed by atoms with E-state index in [1.54, 1.807) is 7.11 Å². The number of nitrogens with two attached hydrogens (primary N) is 1. The fourth-order valence-electron chi connectivity index (χ4n) is 1.67. The molecule has 3 heteroatoms. The minimum absolute atomic E-state index is 0.179. The van der Waals surface area contributed by atoms with Crippen LogP contribution in [0.2, 0.25) is 0 Å². The molecule has 3 nitrogen and oxygen atoms in total. The Hall–Kier alpha value is -0.900. The summed E-state index contributed by atoms with van der Waals surface area (Å²) < 4.78 is 5.25. The highest BCUT2D eigenvalue weighted by molar-refractivity contribution is 5.14. The van der Waals surface area contributed by atoms with Crippen LogP contribution in [0.1, 0.15) is 12.0 Å². The fraction of sp³-hybridized carbons (Fsp3) is 0.538. The molecule has 0 saturated heterocycles. The number of hydrogen-bond donors (Lipinski definition) is 1. The topological polar surface area (TPSA) is 38.5 Å². The van der Waals surface area contributed by atoms with Gasteiger partial charge in [0.15, 0.2) is 0 Å². The maximum atomic E-state index is 5.58. The number of methoxy groups -OCH3 is 1. The second kappa shape index (κ2) is 7.39. The number of ether oxygens (including phenoxy) is 1. The number of benzene rings is 1. The Morgan fingerprint density at radius 1 is 1.31 bits per heavy atom. The zero-order valence-corrected chi connectivity index (χ0v) is 10.2. The molecule has 1 atom stereocenters. The quantitative estimate of drug-likeness (QED) is 0.759. The minimum atomic E-state index is 0.179. The highest BCUT2D eigenvalue weighted by Gasteiger charge is 2.06. The average Bonchev–Trinajstić information content (AvgIpc) is 2.31. The second-order valence-electron chi connectivity index (χ2n) is 4.11. The first-order chi connectivity index (χ1) is 7.76. The summed E-state index contributed by atoms with van der Waals surface area (Å²) in [6.07, 6.45) is 1.16. The normalized spacial score (nSPS) is 13.0. The first-order valence-corrected chi connectivity index (χ1v) is 5.71. The van der Waals surface area contributed by atoms with Gasteiger partial charge in [0.25, 0.3) is 0 Å². The van der Waals surface area contributed by atoms with Crippen LogP contribution >= 0.6 is 0 Å². The molecule has 0 bridgehead atoms. The summed E-state index contributed by atoms with van der Waals surface area (Å²) in [6, 6.07) is 10.5. The van der Waals surface area contributed by atoms with Crippen molar-refractivity contribution < 1.29 is 4.74 Å². The largest absolute Gasteiger partial charge is 0.380 e. The molecule has 90 valence electrons. The van der Waals surface area contributed by atoms with Crippen LogP contribution in [0.5, 0.6) is 0 Å². The molecule has 16 heavy (non-hydrogen) atoms. The van der Waals surface area contributed by atoms with E-state index in [0.717, 1.165) is 19.5 Å². The Kier molecular flexibility index (Phi) is 6.08. The van der Waals surface area contributed by atoms with Gasteiger partial charge in [-0.1, -0.05) is 30.3 Å². The first kappa shape index (κ1) is 13.2. The molecule has 0 heterocycles. The van der Waals surface area contributed by atoms with Crippen LogP contribution in [-0.4, -0.2) is 38.3 Å². The summed E-state index contributed by atoms with van der Waals surface area (Å²) in [7, 11) is 3.84. The van der Waals surface area contributed by atoms with E-state index in [-0.39, 0.29) is 6.10 Å². The molecule has 1 unspecified atom stereocenters. The molecular weight excluding hydrogens is 200 g/mol. The van der Waals surface area contributed by atoms with Gasteiger partial charge in [-0.05, 0) is 19.0 Å². The van der Waals surface area contributed by atoms with Crippen molar-refractivity contribution >= 4 is 0 Å². The molecule has 0 saturated carbocycles. The third-order valence-corrected chi connectivity index (χ3v) is 2.72. The van der Waals surface area contributed by atoms with E-state index in [4.69, 9.17) is 10.5 Å². The number of nitrogens with zero attached hydrogens (tertiary/aromatic N) is 1. The van der Waals surface area contributed by atoms with Gasteiger partial charge >= 0.3 is 0 Å². The van der Waals surface area contributed by atoms with Crippen LogP contribution in [0.15, 0.2) is 30.3 Å². The van der Waals surface area contributed by atoms with E-state index < -0.39 is 0 Å². The van der Waals surface area contributed by atoms with Crippen molar-refractivity contribution in [3.05, 3.63) is 35.9 Å². The van der Waals surface area contributed by atoms with E-state index in [2.05, 4.69) is 36.2 Å². The second-order valence-corrected chi connectivity index (χ2v) is 4.11. The first-order valence-electron chi connectivity index (χ1n) is 5.71. The minimum Gasteiger partial charge on any atom is -0.380 e. The van der Waals surface area contributed by atoms with Crippen molar-refractivity contribution in [1.82, 2.24) is 4.90 Å². The summed E-state index contributed by atoms with van der Waals surface area (Å²) in [5.41, 5.74) is 6.92. The molecule has 0 spiro atoms. The van der Waals surface area contributed by atoms with Crippen molar-refractivity contribution in [3.63, 3.8) is 0 Å². The Morgan fingerprint density at radius 3 is 2.56 bits per heavy atom. The van der Waals surface area contributed by atoms with Gasteiger partial charge in [-0.25, -0.2) is 0 Å². The van der Waals surface area contributed by atoms with Crippen molar-refractivity contribution in [3.8, 4) is 0 Å². The van der Waals surface area contributed by atoms with Crippen LogP contribution in [0.3, 0.4) is 0 Å². The molecular formula is C13H22N2O. The fourth-order valence-corrected chi connectivity index (χ4v) is 1.67. The van der Waals surface area contributed by atoms with Crippen molar-refractivity contribution in [2.24, 2.45) is 5.73 Å². The molecule has 1 aromatic carbocycles. The van der Waals surface area contributed by atoms with Gasteiger partial charge < -0.3 is 15.4 Å². The van der Waals surface area contributed by atoms with Crippen molar-refractivity contribution in [2.75, 3.05) is 27.2 Å². The molecule has 0 aliphatic carbocycles. The van der Waals surface area contributed by atoms with Gasteiger partial charge in [0.2, 0.25) is 0 Å². The van der Waals surface area contributed by atoms with E-state index in [0.29, 0.717) is 6.54 Å². The molecule has 1 rings (SSSR count). The lowest BCUT2D eigenvalue weighted by Crippen LogP contribution is -2.28. The van der Waals surface area contributed by atoms with Crippen LogP contribution in [0.4, 0.5) is 0 Å². The number of rotatable bonds is 7. The number of hydrogen-bond acceptors (Lipinski definition) is 3. The van der Waals surface area contributed by atoms with Crippen LogP contribution in [0, 0.1) is 0 Å². The van der Waals surface area contributed by atoms with Gasteiger partial charge in [-0.2, -0.15) is 0 Å². The summed E-state index contributed by atoms with van der Waals surface area (Å²) in [5.74, 6) is 0. The average molecular weight is 222 g/mol. The maximum Gasteiger partial charge on any atom is 0.0705 e. The summed E-state index contributed by atoms with van der Waals surface area (Å²) in [4.78, 5) is 2.29. The van der Waals surface area contributed by atoms with E-state index in [1.807, 2.05) is 6.07 Å². The summed E-state index contributed by atoms with van der Waals surface area (Å²) in [6.45, 7) is 2.57. The smallest absolute Gasteiger partial charge is 0.0705 e. The van der Waals surface area contributed by atoms with Gasteiger partial charge in [0.05, 0.1) is 6.10 Å². The monoisotopic (exact) mass is 222 g/mol. The Balaban J connectivity index is 2.28. The van der Waals surface area contributed by atoms with Crippen molar-refractivity contribution in [2.45, 2.75) is 19.1 Å². The molecule has 0 amide bonds. The van der Waals surface area contributed by atoms with Crippen molar-refractivity contribution in [1.29, 1.82) is 0 Å². The van der Waals surface area contributed by atoms with Crippen LogP contribution in [-0.2, 0) is 11.3 Å². The lowest BCUT2D eigenvalue weighted by Gasteiger charge is -2.20. The Labute approximate surface area is 98.2 Å². The highest BCUT2D eigenvalue weighted by Crippen LogP contribution is 2.04. The summed E-state index contributed by atoms with van der Waals surface area (Å²) >= 11 is 0. The van der Waals surface area contributed by atoms with E-state index in [1.165, 1.54) is 5.56 Å². The molecule has 0 fully saturated rings. The SMILES string of the molecule is COC(CN)CCN(C)Cc1ccccc1. The molecule has 0 aliphatic rings. The molecule has 2 N–H and O–H groups in total. The zero-order valence-electron chi connectivity index (χ0n) is 10.2. The molecule has 0 aromatic heterocycles. The van der Waals surface area contributed by atoms with Gasteiger partial charge in [-0.3, -0.25) is 0 Å². The third-order valence-electron chi connectivity index (χ3n) is 2.72. The van der Waals surface area contributed by atoms with Crippen LogP contribution in [0.25, 0.3) is 0 Å². The zero-order chi connectivity index (χ0) is 11.8. The van der Waals surface area contributed by atoms with E-state index in [9.17, 15) is 0 Å². The third kappa shape index (κ3) is 4.75. The molecule has 0 radical (unpaired) electrons. The molecule has 0 aliphatic heterocycles. The van der Waals surface area contributed by atoms with Gasteiger partial charge in [0.1, 0.15) is 0 Å².